The summed E-state index contributed by atoms with van der Waals surface area (Å²) in [5.41, 5.74) is 7.91. The van der Waals surface area contributed by atoms with Gasteiger partial charge in [-0.3, -0.25) is 10.2 Å². The molecule has 52 valence electrons. The van der Waals surface area contributed by atoms with E-state index in [1.165, 1.54) is 0 Å². The third kappa shape index (κ3) is 1.04. The Labute approximate surface area is 54.0 Å². The maximum Gasteiger partial charge on any atom is 0.236 e. The van der Waals surface area contributed by atoms with Crippen molar-refractivity contribution in [3.63, 3.8) is 0 Å². The zero-order valence-electron chi connectivity index (χ0n) is 5.42. The molecule has 4 nitrogen and oxygen atoms in total. The highest BCUT2D eigenvalue weighted by molar-refractivity contribution is 5.80. The summed E-state index contributed by atoms with van der Waals surface area (Å²) < 4.78 is 0. The first-order valence-corrected chi connectivity index (χ1v) is 2.99. The van der Waals surface area contributed by atoms with E-state index in [0.29, 0.717) is 0 Å². The molecule has 0 spiro atoms. The molecule has 1 unspecified atom stereocenters. The Balaban J connectivity index is 2.35. The Kier molecular flexibility index (Phi) is 1.68. The number of rotatable bonds is 2. The molecule has 0 bridgehead atoms. The Hall–Kier alpha value is -0.610. The van der Waals surface area contributed by atoms with Crippen molar-refractivity contribution < 1.29 is 4.79 Å². The zero-order valence-corrected chi connectivity index (χ0v) is 5.42. The monoisotopic (exact) mass is 129 g/mol. The molecule has 9 heavy (non-hydrogen) atoms. The van der Waals surface area contributed by atoms with Crippen molar-refractivity contribution in [3.8, 4) is 0 Å². The van der Waals surface area contributed by atoms with Crippen molar-refractivity contribution in [1.29, 1.82) is 0 Å². The van der Waals surface area contributed by atoms with Crippen molar-refractivity contribution in [3.05, 3.63) is 0 Å². The number of nitrogens with two attached hydrogens (primary N) is 1. The van der Waals surface area contributed by atoms with Gasteiger partial charge in [0, 0.05) is 6.54 Å². The lowest BCUT2D eigenvalue weighted by Gasteiger charge is -2.37. The highest BCUT2D eigenvalue weighted by Crippen LogP contribution is 2.12. The highest BCUT2D eigenvalue weighted by Gasteiger charge is 2.31. The van der Waals surface area contributed by atoms with Crippen LogP contribution in [0.4, 0.5) is 0 Å². The van der Waals surface area contributed by atoms with Gasteiger partial charge < -0.3 is 5.73 Å². The molecule has 1 rings (SSSR count). The summed E-state index contributed by atoms with van der Waals surface area (Å²) >= 11 is 0. The molecule has 1 fully saturated rings. The lowest BCUT2D eigenvalue weighted by Crippen LogP contribution is -2.59. The van der Waals surface area contributed by atoms with Gasteiger partial charge in [-0.15, -0.1) is 0 Å². The second-order valence-electron chi connectivity index (χ2n) is 2.12. The van der Waals surface area contributed by atoms with Gasteiger partial charge in [-0.25, -0.2) is 5.01 Å². The number of carbonyl (C=O) groups excluding carboxylic acids is 1. The van der Waals surface area contributed by atoms with Crippen LogP contribution in [0.2, 0.25) is 0 Å². The van der Waals surface area contributed by atoms with Gasteiger partial charge >= 0.3 is 0 Å². The second-order valence-corrected chi connectivity index (χ2v) is 2.12. The van der Waals surface area contributed by atoms with Crippen LogP contribution in [0.15, 0.2) is 0 Å². The average Bonchev–Trinajstić information content (AvgIpc) is 1.61. The molecule has 1 amide bonds. The Morgan fingerprint density at radius 3 is 2.67 bits per heavy atom. The number of hydrogen-bond donors (Lipinski definition) is 2. The molecule has 1 saturated heterocycles. The maximum absolute atomic E-state index is 10.5. The van der Waals surface area contributed by atoms with Crippen LogP contribution in [-0.4, -0.2) is 30.6 Å². The van der Waals surface area contributed by atoms with Gasteiger partial charge in [0.2, 0.25) is 5.91 Å². The predicted molar refractivity (Wildman–Crippen MR) is 33.4 cm³/mol. The largest absolute Gasteiger partial charge is 0.368 e. The molecule has 1 atom stereocenters. The van der Waals surface area contributed by atoms with E-state index < -0.39 is 0 Å². The van der Waals surface area contributed by atoms with Crippen LogP contribution in [0.3, 0.4) is 0 Å². The van der Waals surface area contributed by atoms with E-state index in [1.54, 1.807) is 7.05 Å². The van der Waals surface area contributed by atoms with Crippen LogP contribution in [0, 0.1) is 0 Å². The smallest absolute Gasteiger partial charge is 0.236 e. The van der Waals surface area contributed by atoms with E-state index in [4.69, 9.17) is 5.73 Å². The van der Waals surface area contributed by atoms with Crippen molar-refractivity contribution in [2.45, 2.75) is 12.5 Å². The van der Waals surface area contributed by atoms with Crippen LogP contribution >= 0.6 is 0 Å². The number of hydrogen-bond acceptors (Lipinski definition) is 3. The van der Waals surface area contributed by atoms with E-state index in [0.717, 1.165) is 13.0 Å². The minimum atomic E-state index is -0.240. The van der Waals surface area contributed by atoms with E-state index in [1.807, 2.05) is 5.01 Å². The minimum Gasteiger partial charge on any atom is -0.368 e. The summed E-state index contributed by atoms with van der Waals surface area (Å²) in [7, 11) is 1.79. The van der Waals surface area contributed by atoms with Crippen molar-refractivity contribution in [1.82, 2.24) is 10.4 Å². The zero-order chi connectivity index (χ0) is 6.85. The standard InChI is InChI=1S/C5H11N3O/c1-7-8-3-2-4(8)5(6)9/h4,7H,2-3H2,1H3,(H2,6,9). The van der Waals surface area contributed by atoms with E-state index >= 15 is 0 Å². The summed E-state index contributed by atoms with van der Waals surface area (Å²) in [6.45, 7) is 0.921. The first-order valence-electron chi connectivity index (χ1n) is 2.99. The Bertz CT molecular complexity index is 123. The number of primary amides is 1. The first kappa shape index (κ1) is 6.51. The minimum absolute atomic E-state index is 0.0741. The Morgan fingerprint density at radius 1 is 1.89 bits per heavy atom. The maximum atomic E-state index is 10.5. The van der Waals surface area contributed by atoms with Gasteiger partial charge in [0.1, 0.15) is 6.04 Å². The summed E-state index contributed by atoms with van der Waals surface area (Å²) in [6.07, 6.45) is 0.885. The number of nitrogens with zero attached hydrogens (tertiary/aromatic N) is 1. The fourth-order valence-corrected chi connectivity index (χ4v) is 0.951. The molecule has 1 heterocycles. The van der Waals surface area contributed by atoms with Gasteiger partial charge in [-0.1, -0.05) is 0 Å². The molecule has 0 aromatic rings. The summed E-state index contributed by atoms with van der Waals surface area (Å²) in [5.74, 6) is -0.240. The normalized spacial score (nSPS) is 27.4. The second kappa shape index (κ2) is 2.33. The van der Waals surface area contributed by atoms with Gasteiger partial charge in [0.15, 0.2) is 0 Å². The molecule has 0 aliphatic carbocycles. The van der Waals surface area contributed by atoms with E-state index in [-0.39, 0.29) is 11.9 Å². The summed E-state index contributed by atoms with van der Waals surface area (Å²) in [4.78, 5) is 10.5. The van der Waals surface area contributed by atoms with Crippen LogP contribution < -0.4 is 11.2 Å². The summed E-state index contributed by atoms with van der Waals surface area (Å²) in [6, 6.07) is -0.0741. The molecule has 3 N–H and O–H groups in total. The Morgan fingerprint density at radius 2 is 2.56 bits per heavy atom. The SMILES string of the molecule is CNN1CCC1C(N)=O. The molecule has 0 aromatic heterocycles. The van der Waals surface area contributed by atoms with Gasteiger partial charge in [-0.05, 0) is 13.5 Å². The quantitative estimate of drug-likeness (QED) is 0.486. The molecule has 0 radical (unpaired) electrons. The number of carbonyl (C=O) groups is 1. The number of hydrazine groups is 1. The summed E-state index contributed by atoms with van der Waals surface area (Å²) in [5, 5.41) is 1.82. The van der Waals surface area contributed by atoms with E-state index in [9.17, 15) is 4.79 Å². The number of amides is 1. The van der Waals surface area contributed by atoms with Crippen LogP contribution in [0.5, 0.6) is 0 Å². The molecule has 1 aliphatic heterocycles. The first-order chi connectivity index (χ1) is 4.25. The fourth-order valence-electron chi connectivity index (χ4n) is 0.951. The topological polar surface area (TPSA) is 58.4 Å². The van der Waals surface area contributed by atoms with Crippen molar-refractivity contribution in [2.75, 3.05) is 13.6 Å². The molecule has 0 aromatic carbocycles. The van der Waals surface area contributed by atoms with Crippen LogP contribution in [0.1, 0.15) is 6.42 Å². The molecule has 4 heteroatoms. The lowest BCUT2D eigenvalue weighted by molar-refractivity contribution is -0.129. The highest BCUT2D eigenvalue weighted by atomic mass is 16.1. The van der Waals surface area contributed by atoms with Crippen molar-refractivity contribution >= 4 is 5.91 Å². The van der Waals surface area contributed by atoms with Crippen molar-refractivity contribution in [2.24, 2.45) is 5.73 Å². The molecule has 0 saturated carbocycles. The lowest BCUT2D eigenvalue weighted by atomic mass is 10.1. The van der Waals surface area contributed by atoms with E-state index in [2.05, 4.69) is 5.43 Å². The predicted octanol–water partition coefficient (Wildman–Crippen LogP) is -1.32. The average molecular weight is 129 g/mol. The van der Waals surface area contributed by atoms with Gasteiger partial charge in [-0.2, -0.15) is 0 Å². The number of nitrogens with one attached hydrogen (secondary N) is 1. The van der Waals surface area contributed by atoms with Crippen LogP contribution in [-0.2, 0) is 4.79 Å². The third-order valence-electron chi connectivity index (χ3n) is 1.64. The molecule has 1 aliphatic rings. The molecular weight excluding hydrogens is 118 g/mol. The molecular formula is C5H11N3O. The van der Waals surface area contributed by atoms with Gasteiger partial charge in [0.05, 0.1) is 0 Å². The fraction of sp³-hybridized carbons (Fsp3) is 0.800. The third-order valence-corrected chi connectivity index (χ3v) is 1.64. The van der Waals surface area contributed by atoms with Gasteiger partial charge in [0.25, 0.3) is 0 Å². The van der Waals surface area contributed by atoms with Crippen LogP contribution in [0.25, 0.3) is 0 Å².